The van der Waals surface area contributed by atoms with Crippen LogP contribution >= 0.6 is 0 Å². The molecule has 0 aromatic heterocycles. The van der Waals surface area contributed by atoms with E-state index in [2.05, 4.69) is 0 Å². The van der Waals surface area contributed by atoms with E-state index in [0.29, 0.717) is 5.75 Å². The number of aryl methyl sites for hydroxylation is 1. The minimum Gasteiger partial charge on any atom is -0.486 e. The number of ether oxygens (including phenoxy) is 1. The van der Waals surface area contributed by atoms with Gasteiger partial charge in [0.2, 0.25) is 0 Å². The molecule has 3 atom stereocenters. The third-order valence-electron chi connectivity index (χ3n) is 3.23. The Morgan fingerprint density at radius 1 is 1.37 bits per heavy atom. The molecule has 6 heteroatoms. The Labute approximate surface area is 112 Å². The number of aliphatic hydroxyl groups is 2. The van der Waals surface area contributed by atoms with Crippen LogP contribution in [0.25, 0.3) is 0 Å². The van der Waals surface area contributed by atoms with Crippen LogP contribution < -0.4 is 4.74 Å². The van der Waals surface area contributed by atoms with E-state index in [4.69, 9.17) is 4.74 Å². The van der Waals surface area contributed by atoms with Crippen molar-refractivity contribution in [3.63, 3.8) is 0 Å². The zero-order valence-electron chi connectivity index (χ0n) is 10.9. The Hall–Kier alpha value is -1.11. The summed E-state index contributed by atoms with van der Waals surface area (Å²) in [5, 5.41) is 19.1. The minimum atomic E-state index is -3.21. The molecule has 1 aromatic rings. The number of hydrogen-bond acceptors (Lipinski definition) is 5. The first-order valence-electron chi connectivity index (χ1n) is 6.12. The Morgan fingerprint density at radius 2 is 2.05 bits per heavy atom. The zero-order chi connectivity index (χ0) is 14.2. The Morgan fingerprint density at radius 3 is 2.53 bits per heavy atom. The predicted molar refractivity (Wildman–Crippen MR) is 70.9 cm³/mol. The number of benzene rings is 1. The summed E-state index contributed by atoms with van der Waals surface area (Å²) in [6, 6.07) is 5.20. The van der Waals surface area contributed by atoms with Crippen LogP contribution in [0.1, 0.15) is 24.2 Å². The van der Waals surface area contributed by atoms with Crippen molar-refractivity contribution in [3.8, 4) is 5.75 Å². The van der Waals surface area contributed by atoms with Gasteiger partial charge in [-0.2, -0.15) is 0 Å². The lowest BCUT2D eigenvalue weighted by atomic mass is 10.1. The van der Waals surface area contributed by atoms with Crippen molar-refractivity contribution in [1.29, 1.82) is 0 Å². The molecule has 1 aromatic carbocycles. The van der Waals surface area contributed by atoms with Gasteiger partial charge in [-0.15, -0.1) is 0 Å². The van der Waals surface area contributed by atoms with E-state index in [-0.39, 0.29) is 11.5 Å². The summed E-state index contributed by atoms with van der Waals surface area (Å²) in [4.78, 5) is 0. The van der Waals surface area contributed by atoms with Crippen LogP contribution in [-0.2, 0) is 9.84 Å². The molecule has 19 heavy (non-hydrogen) atoms. The molecule has 0 aliphatic carbocycles. The van der Waals surface area contributed by atoms with Crippen molar-refractivity contribution >= 4 is 9.84 Å². The topological polar surface area (TPSA) is 83.8 Å². The fraction of sp³-hybridized carbons (Fsp3) is 0.538. The molecule has 5 nitrogen and oxygen atoms in total. The quantitative estimate of drug-likeness (QED) is 0.849. The monoisotopic (exact) mass is 286 g/mol. The second-order valence-corrected chi connectivity index (χ2v) is 7.16. The molecular formula is C13H18O5S. The Kier molecular flexibility index (Phi) is 3.85. The second-order valence-electron chi connectivity index (χ2n) is 5.00. The fourth-order valence-corrected chi connectivity index (χ4v) is 3.80. The maximum absolute atomic E-state index is 11.4. The molecule has 2 N–H and O–H groups in total. The standard InChI is InChI=1S/C13H18O5S/c1-8-5-10(9(2)14)3-4-12(8)18-13-7-19(16,17)6-11(13)15/h3-5,9,11,13-15H,6-7H2,1-2H3. The minimum absolute atomic E-state index is 0.161. The summed E-state index contributed by atoms with van der Waals surface area (Å²) >= 11 is 0. The van der Waals surface area contributed by atoms with Crippen molar-refractivity contribution in [2.24, 2.45) is 0 Å². The molecule has 0 spiro atoms. The van der Waals surface area contributed by atoms with Crippen molar-refractivity contribution in [3.05, 3.63) is 29.3 Å². The van der Waals surface area contributed by atoms with Gasteiger partial charge in [-0.25, -0.2) is 8.42 Å². The normalized spacial score (nSPS) is 27.2. The van der Waals surface area contributed by atoms with Gasteiger partial charge in [-0.1, -0.05) is 6.07 Å². The molecular weight excluding hydrogens is 268 g/mol. The van der Waals surface area contributed by atoms with Crippen LogP contribution in [0.3, 0.4) is 0 Å². The van der Waals surface area contributed by atoms with E-state index in [1.165, 1.54) is 0 Å². The van der Waals surface area contributed by atoms with Crippen molar-refractivity contribution < 1.29 is 23.4 Å². The van der Waals surface area contributed by atoms with Gasteiger partial charge in [-0.3, -0.25) is 0 Å². The third kappa shape index (κ3) is 3.26. The van der Waals surface area contributed by atoms with Crippen LogP contribution in [0.15, 0.2) is 18.2 Å². The summed E-state index contributed by atoms with van der Waals surface area (Å²) in [6.07, 6.45) is -2.27. The first-order chi connectivity index (χ1) is 8.78. The maximum Gasteiger partial charge on any atom is 0.156 e. The summed E-state index contributed by atoms with van der Waals surface area (Å²) < 4.78 is 28.4. The van der Waals surface area contributed by atoms with Gasteiger partial charge in [0, 0.05) is 0 Å². The Bertz CT molecular complexity index is 564. The number of aliphatic hydroxyl groups excluding tert-OH is 2. The first kappa shape index (κ1) is 14.3. The average Bonchev–Trinajstić information content (AvgIpc) is 2.54. The lowest BCUT2D eigenvalue weighted by Gasteiger charge is -2.18. The van der Waals surface area contributed by atoms with Crippen LogP contribution in [-0.4, -0.2) is 42.3 Å². The average molecular weight is 286 g/mol. The summed E-state index contributed by atoms with van der Waals surface area (Å²) in [5.41, 5.74) is 1.57. The lowest BCUT2D eigenvalue weighted by molar-refractivity contribution is 0.0733. The van der Waals surface area contributed by atoms with E-state index < -0.39 is 28.1 Å². The van der Waals surface area contributed by atoms with Crippen LogP contribution in [0.2, 0.25) is 0 Å². The molecule has 1 saturated heterocycles. The highest BCUT2D eigenvalue weighted by Crippen LogP contribution is 2.26. The first-order valence-corrected chi connectivity index (χ1v) is 7.94. The Balaban J connectivity index is 2.16. The molecule has 0 amide bonds. The summed E-state index contributed by atoms with van der Waals surface area (Å²) in [7, 11) is -3.21. The van der Waals surface area contributed by atoms with E-state index >= 15 is 0 Å². The van der Waals surface area contributed by atoms with E-state index in [9.17, 15) is 18.6 Å². The largest absolute Gasteiger partial charge is 0.486 e. The van der Waals surface area contributed by atoms with Gasteiger partial charge < -0.3 is 14.9 Å². The SMILES string of the molecule is Cc1cc(C(C)O)ccc1OC1CS(=O)(=O)CC1O. The van der Waals surface area contributed by atoms with Gasteiger partial charge in [-0.05, 0) is 37.1 Å². The number of sulfone groups is 1. The van der Waals surface area contributed by atoms with E-state index in [0.717, 1.165) is 11.1 Å². The maximum atomic E-state index is 11.4. The van der Waals surface area contributed by atoms with E-state index in [1.807, 2.05) is 6.92 Å². The van der Waals surface area contributed by atoms with Gasteiger partial charge in [0.15, 0.2) is 9.84 Å². The lowest BCUT2D eigenvalue weighted by Crippen LogP contribution is -2.30. The predicted octanol–water partition coefficient (Wildman–Crippen LogP) is 0.585. The van der Waals surface area contributed by atoms with Gasteiger partial charge >= 0.3 is 0 Å². The van der Waals surface area contributed by atoms with Crippen LogP contribution in [0, 0.1) is 6.92 Å². The van der Waals surface area contributed by atoms with Crippen LogP contribution in [0.5, 0.6) is 5.75 Å². The van der Waals surface area contributed by atoms with E-state index in [1.54, 1.807) is 25.1 Å². The number of rotatable bonds is 3. The molecule has 3 unspecified atom stereocenters. The van der Waals surface area contributed by atoms with Gasteiger partial charge in [0.1, 0.15) is 18.0 Å². The van der Waals surface area contributed by atoms with Crippen molar-refractivity contribution in [2.75, 3.05) is 11.5 Å². The summed E-state index contributed by atoms with van der Waals surface area (Å²) in [6.45, 7) is 3.49. The molecule has 1 fully saturated rings. The van der Waals surface area contributed by atoms with Crippen molar-refractivity contribution in [2.45, 2.75) is 32.2 Å². The highest BCUT2D eigenvalue weighted by Gasteiger charge is 2.38. The molecule has 1 aliphatic rings. The van der Waals surface area contributed by atoms with Gasteiger partial charge in [0.05, 0.1) is 17.6 Å². The smallest absolute Gasteiger partial charge is 0.156 e. The van der Waals surface area contributed by atoms with Crippen LogP contribution in [0.4, 0.5) is 0 Å². The zero-order valence-corrected chi connectivity index (χ0v) is 11.7. The third-order valence-corrected chi connectivity index (χ3v) is 4.92. The molecule has 2 rings (SSSR count). The fourth-order valence-electron chi connectivity index (χ4n) is 2.14. The number of hydrogen-bond donors (Lipinski definition) is 2. The second kappa shape index (κ2) is 5.11. The molecule has 0 radical (unpaired) electrons. The molecule has 0 saturated carbocycles. The van der Waals surface area contributed by atoms with Crippen molar-refractivity contribution in [1.82, 2.24) is 0 Å². The molecule has 1 heterocycles. The summed E-state index contributed by atoms with van der Waals surface area (Å²) in [5.74, 6) is 0.124. The molecule has 106 valence electrons. The van der Waals surface area contributed by atoms with Gasteiger partial charge in [0.25, 0.3) is 0 Å². The molecule has 0 bridgehead atoms. The highest BCUT2D eigenvalue weighted by molar-refractivity contribution is 7.91. The highest BCUT2D eigenvalue weighted by atomic mass is 32.2. The molecule has 1 aliphatic heterocycles.